The van der Waals surface area contributed by atoms with Crippen LogP contribution in [0.2, 0.25) is 0 Å². The van der Waals surface area contributed by atoms with Crippen molar-refractivity contribution in [1.82, 2.24) is 10.3 Å². The van der Waals surface area contributed by atoms with Crippen LogP contribution in [0, 0.1) is 0 Å². The van der Waals surface area contributed by atoms with E-state index in [4.69, 9.17) is 9.47 Å². The number of aromatic nitrogens is 1. The van der Waals surface area contributed by atoms with Crippen molar-refractivity contribution in [2.75, 3.05) is 20.8 Å². The van der Waals surface area contributed by atoms with E-state index in [0.717, 1.165) is 18.4 Å². The summed E-state index contributed by atoms with van der Waals surface area (Å²) >= 11 is 0. The molecule has 0 bridgehead atoms. The minimum atomic E-state index is -0.141. The average Bonchev–Trinajstić information content (AvgIpc) is 3.41. The number of carbonyl (C=O) groups is 1. The summed E-state index contributed by atoms with van der Waals surface area (Å²) in [5.74, 6) is 1.29. The Morgan fingerprint density at radius 3 is 2.57 bits per heavy atom. The summed E-state index contributed by atoms with van der Waals surface area (Å²) in [6, 6.07) is 11.3. The molecule has 1 heterocycles. The lowest BCUT2D eigenvalue weighted by molar-refractivity contribution is 0.0944. The number of hydrogen-bond acceptors (Lipinski definition) is 4. The van der Waals surface area contributed by atoms with Gasteiger partial charge in [-0.15, -0.1) is 0 Å². The third-order valence-corrected chi connectivity index (χ3v) is 4.33. The molecule has 0 aliphatic heterocycles. The van der Waals surface area contributed by atoms with Crippen LogP contribution in [0.25, 0.3) is 0 Å². The van der Waals surface area contributed by atoms with Crippen molar-refractivity contribution in [2.24, 2.45) is 0 Å². The molecule has 3 rings (SSSR count). The highest BCUT2D eigenvalue weighted by Crippen LogP contribution is 2.49. The molecule has 1 saturated carbocycles. The van der Waals surface area contributed by atoms with Crippen LogP contribution >= 0.6 is 0 Å². The lowest BCUT2D eigenvalue weighted by atomic mass is 9.95. The molecular formula is C18H20N2O3. The summed E-state index contributed by atoms with van der Waals surface area (Å²) in [5.41, 5.74) is 1.59. The Hall–Kier alpha value is -2.56. The van der Waals surface area contributed by atoms with E-state index < -0.39 is 0 Å². The molecule has 2 aromatic rings. The van der Waals surface area contributed by atoms with Crippen LogP contribution in [0.1, 0.15) is 28.9 Å². The molecule has 5 nitrogen and oxygen atoms in total. The van der Waals surface area contributed by atoms with Crippen LogP contribution in [-0.4, -0.2) is 31.7 Å². The van der Waals surface area contributed by atoms with Gasteiger partial charge in [-0.1, -0.05) is 12.1 Å². The Balaban J connectivity index is 1.72. The minimum absolute atomic E-state index is 0.00993. The van der Waals surface area contributed by atoms with E-state index in [1.54, 1.807) is 32.5 Å². The van der Waals surface area contributed by atoms with Gasteiger partial charge in [-0.2, -0.15) is 0 Å². The van der Waals surface area contributed by atoms with Crippen LogP contribution in [0.3, 0.4) is 0 Å². The molecule has 1 N–H and O–H groups in total. The Bertz CT molecular complexity index is 697. The Morgan fingerprint density at radius 2 is 1.96 bits per heavy atom. The topological polar surface area (TPSA) is 60.5 Å². The fourth-order valence-corrected chi connectivity index (χ4v) is 2.72. The third-order valence-electron chi connectivity index (χ3n) is 4.33. The maximum absolute atomic E-state index is 12.2. The molecule has 1 amide bonds. The van der Waals surface area contributed by atoms with Gasteiger partial charge < -0.3 is 14.8 Å². The summed E-state index contributed by atoms with van der Waals surface area (Å²) in [6.45, 7) is 0.595. The molecule has 1 fully saturated rings. The maximum atomic E-state index is 12.2. The minimum Gasteiger partial charge on any atom is -0.493 e. The molecule has 0 radical (unpaired) electrons. The Labute approximate surface area is 135 Å². The lowest BCUT2D eigenvalue weighted by Crippen LogP contribution is -2.32. The molecule has 120 valence electrons. The van der Waals surface area contributed by atoms with Crippen molar-refractivity contribution in [3.63, 3.8) is 0 Å². The van der Waals surface area contributed by atoms with Crippen LogP contribution in [0.5, 0.6) is 11.5 Å². The van der Waals surface area contributed by atoms with Crippen LogP contribution in [0.15, 0.2) is 42.6 Å². The number of benzene rings is 1. The Morgan fingerprint density at radius 1 is 1.17 bits per heavy atom. The van der Waals surface area contributed by atoms with E-state index in [0.29, 0.717) is 23.7 Å². The molecule has 0 unspecified atom stereocenters. The van der Waals surface area contributed by atoms with Crippen LogP contribution in [0.4, 0.5) is 0 Å². The van der Waals surface area contributed by atoms with Gasteiger partial charge in [0.1, 0.15) is 5.69 Å². The first-order valence-electron chi connectivity index (χ1n) is 7.60. The van der Waals surface area contributed by atoms with E-state index >= 15 is 0 Å². The second kappa shape index (κ2) is 6.28. The predicted octanol–water partition coefficient (Wildman–Crippen LogP) is 2.56. The summed E-state index contributed by atoms with van der Waals surface area (Å²) in [5, 5.41) is 2.99. The van der Waals surface area contributed by atoms with Gasteiger partial charge >= 0.3 is 0 Å². The van der Waals surface area contributed by atoms with Gasteiger partial charge in [0, 0.05) is 18.2 Å². The normalized spacial score (nSPS) is 14.9. The van der Waals surface area contributed by atoms with Gasteiger partial charge in [0.25, 0.3) is 5.91 Å². The number of nitrogens with zero attached hydrogens (tertiary/aromatic N) is 1. The third kappa shape index (κ3) is 3.13. The number of carbonyl (C=O) groups excluding carboxylic acids is 1. The fourth-order valence-electron chi connectivity index (χ4n) is 2.72. The first-order chi connectivity index (χ1) is 11.2. The highest BCUT2D eigenvalue weighted by atomic mass is 16.5. The molecule has 1 aromatic heterocycles. The predicted molar refractivity (Wildman–Crippen MR) is 87.0 cm³/mol. The molecule has 0 atom stereocenters. The Kier molecular flexibility index (Phi) is 4.19. The summed E-state index contributed by atoms with van der Waals surface area (Å²) in [6.07, 6.45) is 3.71. The molecule has 1 aromatic carbocycles. The summed E-state index contributed by atoms with van der Waals surface area (Å²) < 4.78 is 10.6. The molecule has 1 aliphatic carbocycles. The maximum Gasteiger partial charge on any atom is 0.269 e. The van der Waals surface area contributed by atoms with E-state index in [1.807, 2.05) is 24.3 Å². The number of nitrogens with one attached hydrogen (secondary N) is 1. The van der Waals surface area contributed by atoms with Crippen LogP contribution < -0.4 is 14.8 Å². The second-order valence-electron chi connectivity index (χ2n) is 5.75. The highest BCUT2D eigenvalue weighted by molar-refractivity contribution is 5.92. The zero-order valence-corrected chi connectivity index (χ0v) is 13.3. The number of methoxy groups -OCH3 is 2. The molecule has 1 aliphatic rings. The summed E-state index contributed by atoms with van der Waals surface area (Å²) in [4.78, 5) is 16.2. The average molecular weight is 312 g/mol. The fraction of sp³-hybridized carbons (Fsp3) is 0.333. The molecule has 0 spiro atoms. The second-order valence-corrected chi connectivity index (χ2v) is 5.75. The van der Waals surface area contributed by atoms with E-state index in [2.05, 4.69) is 10.3 Å². The smallest absolute Gasteiger partial charge is 0.269 e. The molecule has 5 heteroatoms. The van der Waals surface area contributed by atoms with Gasteiger partial charge in [0.05, 0.1) is 14.2 Å². The number of amides is 1. The zero-order chi connectivity index (χ0) is 16.3. The largest absolute Gasteiger partial charge is 0.493 e. The van der Waals surface area contributed by atoms with Crippen molar-refractivity contribution >= 4 is 5.91 Å². The monoisotopic (exact) mass is 312 g/mol. The van der Waals surface area contributed by atoms with E-state index in [-0.39, 0.29) is 11.3 Å². The van der Waals surface area contributed by atoms with Gasteiger partial charge in [-0.05, 0) is 42.7 Å². The van der Waals surface area contributed by atoms with Crippen LogP contribution in [-0.2, 0) is 5.41 Å². The lowest BCUT2D eigenvalue weighted by Gasteiger charge is -2.18. The van der Waals surface area contributed by atoms with Crippen molar-refractivity contribution in [3.05, 3.63) is 53.9 Å². The first-order valence-corrected chi connectivity index (χ1v) is 7.60. The van der Waals surface area contributed by atoms with Crippen molar-refractivity contribution in [2.45, 2.75) is 18.3 Å². The zero-order valence-electron chi connectivity index (χ0n) is 13.3. The van der Waals surface area contributed by atoms with Gasteiger partial charge in [0.2, 0.25) is 0 Å². The quantitative estimate of drug-likeness (QED) is 0.890. The summed E-state index contributed by atoms with van der Waals surface area (Å²) in [7, 11) is 3.25. The standard InChI is InChI=1S/C18H20N2O3/c1-22-15-7-6-13(11-16(15)23-2)18(8-9-18)12-20-17(21)14-5-3-4-10-19-14/h3-7,10-11H,8-9,12H2,1-2H3,(H,20,21). The van der Waals surface area contributed by atoms with Gasteiger partial charge in [0.15, 0.2) is 11.5 Å². The van der Waals surface area contributed by atoms with Crippen molar-refractivity contribution < 1.29 is 14.3 Å². The number of hydrogen-bond donors (Lipinski definition) is 1. The van der Waals surface area contributed by atoms with Gasteiger partial charge in [-0.3, -0.25) is 9.78 Å². The number of pyridine rings is 1. The SMILES string of the molecule is COc1ccc(C2(CNC(=O)c3ccccn3)CC2)cc1OC. The number of ether oxygens (including phenoxy) is 2. The first kappa shape index (κ1) is 15.3. The molecule has 0 saturated heterocycles. The molecular weight excluding hydrogens is 292 g/mol. The number of rotatable bonds is 6. The highest BCUT2D eigenvalue weighted by Gasteiger charge is 2.44. The van der Waals surface area contributed by atoms with E-state index in [1.165, 1.54) is 0 Å². The van der Waals surface area contributed by atoms with Crippen molar-refractivity contribution in [3.8, 4) is 11.5 Å². The molecule has 23 heavy (non-hydrogen) atoms. The van der Waals surface area contributed by atoms with E-state index in [9.17, 15) is 4.79 Å². The van der Waals surface area contributed by atoms with Crippen molar-refractivity contribution in [1.29, 1.82) is 0 Å². The van der Waals surface area contributed by atoms with Gasteiger partial charge in [-0.25, -0.2) is 0 Å².